The van der Waals surface area contributed by atoms with E-state index in [1.807, 2.05) is 30.3 Å². The van der Waals surface area contributed by atoms with E-state index in [4.69, 9.17) is 15.2 Å². The van der Waals surface area contributed by atoms with Crippen LogP contribution in [0.3, 0.4) is 0 Å². The van der Waals surface area contributed by atoms with Crippen molar-refractivity contribution >= 4 is 17.7 Å². The molecule has 3 rings (SSSR count). The predicted octanol–water partition coefficient (Wildman–Crippen LogP) is 0.838. The molecular weight excluding hydrogens is 386 g/mol. The van der Waals surface area contributed by atoms with Gasteiger partial charge in [-0.25, -0.2) is 0 Å². The molecule has 8 heteroatoms. The van der Waals surface area contributed by atoms with Gasteiger partial charge in [0.2, 0.25) is 17.7 Å². The highest BCUT2D eigenvalue weighted by Crippen LogP contribution is 2.32. The number of primary amides is 1. The van der Waals surface area contributed by atoms with Crippen LogP contribution in [0.2, 0.25) is 0 Å². The molecule has 0 radical (unpaired) electrons. The van der Waals surface area contributed by atoms with E-state index in [0.717, 1.165) is 18.4 Å². The minimum absolute atomic E-state index is 0.00843. The molecule has 1 saturated carbocycles. The molecule has 3 amide bonds. The molecule has 1 saturated heterocycles. The number of morpholine rings is 1. The van der Waals surface area contributed by atoms with Crippen molar-refractivity contribution in [2.75, 3.05) is 32.9 Å². The minimum Gasteiger partial charge on any atom is -0.378 e. The second kappa shape index (κ2) is 11.1. The molecule has 2 aliphatic rings. The van der Waals surface area contributed by atoms with Gasteiger partial charge in [0.25, 0.3) is 0 Å². The van der Waals surface area contributed by atoms with E-state index in [1.54, 1.807) is 4.90 Å². The number of rotatable bonds is 8. The zero-order chi connectivity index (χ0) is 21.3. The van der Waals surface area contributed by atoms with Crippen molar-refractivity contribution in [3.05, 3.63) is 35.9 Å². The van der Waals surface area contributed by atoms with Crippen LogP contribution in [-0.4, -0.2) is 61.6 Å². The lowest BCUT2D eigenvalue weighted by molar-refractivity contribution is -0.147. The molecule has 3 atom stereocenters. The lowest BCUT2D eigenvalue weighted by Gasteiger charge is -2.36. The van der Waals surface area contributed by atoms with Crippen molar-refractivity contribution in [2.24, 2.45) is 17.6 Å². The summed E-state index contributed by atoms with van der Waals surface area (Å²) in [4.78, 5) is 39.6. The van der Waals surface area contributed by atoms with Gasteiger partial charge < -0.3 is 25.4 Å². The lowest BCUT2D eigenvalue weighted by Crippen LogP contribution is -2.53. The van der Waals surface area contributed by atoms with Gasteiger partial charge in [-0.15, -0.1) is 0 Å². The largest absolute Gasteiger partial charge is 0.378 e. The number of nitrogens with zero attached hydrogens (tertiary/aromatic N) is 1. The Labute approximate surface area is 177 Å². The number of nitrogens with one attached hydrogen (secondary N) is 1. The Balaban J connectivity index is 1.57. The fourth-order valence-electron chi connectivity index (χ4n) is 4.10. The van der Waals surface area contributed by atoms with Gasteiger partial charge >= 0.3 is 0 Å². The Morgan fingerprint density at radius 1 is 1.10 bits per heavy atom. The Kier molecular flexibility index (Phi) is 8.21. The first-order valence-electron chi connectivity index (χ1n) is 10.6. The van der Waals surface area contributed by atoms with Gasteiger partial charge in [-0.05, 0) is 18.4 Å². The molecular formula is C22H31N3O5. The second-order valence-electron chi connectivity index (χ2n) is 7.90. The van der Waals surface area contributed by atoms with E-state index < -0.39 is 17.9 Å². The first-order valence-corrected chi connectivity index (χ1v) is 10.6. The Hall–Kier alpha value is -2.45. The fourth-order valence-corrected chi connectivity index (χ4v) is 4.10. The molecule has 0 bridgehead atoms. The monoisotopic (exact) mass is 417 g/mol. The molecule has 1 aromatic rings. The lowest BCUT2D eigenvalue weighted by atomic mass is 9.77. The first-order chi connectivity index (χ1) is 14.6. The van der Waals surface area contributed by atoms with Crippen LogP contribution >= 0.6 is 0 Å². The molecule has 30 heavy (non-hydrogen) atoms. The van der Waals surface area contributed by atoms with Gasteiger partial charge in [-0.3, -0.25) is 14.4 Å². The highest BCUT2D eigenvalue weighted by Gasteiger charge is 2.39. The SMILES string of the molecule is NC(=O)C(COCc1ccccc1)NC(=O)C1CCCCC1C(=O)N1CCOCC1. The zero-order valence-electron chi connectivity index (χ0n) is 17.3. The van der Waals surface area contributed by atoms with Crippen molar-refractivity contribution < 1.29 is 23.9 Å². The number of benzene rings is 1. The summed E-state index contributed by atoms with van der Waals surface area (Å²) >= 11 is 0. The van der Waals surface area contributed by atoms with E-state index in [9.17, 15) is 14.4 Å². The van der Waals surface area contributed by atoms with Crippen LogP contribution in [0.4, 0.5) is 0 Å². The number of amides is 3. The van der Waals surface area contributed by atoms with Gasteiger partial charge in [0, 0.05) is 24.9 Å². The molecule has 3 unspecified atom stereocenters. The predicted molar refractivity (Wildman–Crippen MR) is 110 cm³/mol. The summed E-state index contributed by atoms with van der Waals surface area (Å²) in [6.45, 7) is 2.48. The van der Waals surface area contributed by atoms with Gasteiger partial charge in [0.1, 0.15) is 6.04 Å². The zero-order valence-corrected chi connectivity index (χ0v) is 17.3. The normalized spacial score (nSPS) is 22.9. The summed E-state index contributed by atoms with van der Waals surface area (Å²) in [6, 6.07) is 8.63. The van der Waals surface area contributed by atoms with E-state index in [0.29, 0.717) is 45.8 Å². The summed E-state index contributed by atoms with van der Waals surface area (Å²) in [7, 11) is 0. The molecule has 0 spiro atoms. The maximum Gasteiger partial charge on any atom is 0.242 e. The smallest absolute Gasteiger partial charge is 0.242 e. The molecule has 164 valence electrons. The number of nitrogens with two attached hydrogens (primary N) is 1. The molecule has 1 aliphatic carbocycles. The third kappa shape index (κ3) is 6.03. The number of ether oxygens (including phenoxy) is 2. The van der Waals surface area contributed by atoms with E-state index >= 15 is 0 Å². The van der Waals surface area contributed by atoms with E-state index in [2.05, 4.69) is 5.32 Å². The number of hydrogen-bond acceptors (Lipinski definition) is 5. The summed E-state index contributed by atoms with van der Waals surface area (Å²) < 4.78 is 10.9. The fraction of sp³-hybridized carbons (Fsp3) is 0.591. The van der Waals surface area contributed by atoms with Crippen LogP contribution in [0.25, 0.3) is 0 Å². The molecule has 1 heterocycles. The summed E-state index contributed by atoms with van der Waals surface area (Å²) in [5.74, 6) is -1.76. The van der Waals surface area contributed by atoms with Gasteiger partial charge in [0.15, 0.2) is 0 Å². The topological polar surface area (TPSA) is 111 Å². The van der Waals surface area contributed by atoms with Crippen molar-refractivity contribution in [1.29, 1.82) is 0 Å². The van der Waals surface area contributed by atoms with Crippen LogP contribution in [0.5, 0.6) is 0 Å². The summed E-state index contributed by atoms with van der Waals surface area (Å²) in [5.41, 5.74) is 6.45. The third-order valence-corrected chi connectivity index (χ3v) is 5.80. The minimum atomic E-state index is -0.928. The average molecular weight is 418 g/mol. The molecule has 3 N–H and O–H groups in total. The van der Waals surface area contributed by atoms with Crippen LogP contribution in [0.15, 0.2) is 30.3 Å². The molecule has 8 nitrogen and oxygen atoms in total. The van der Waals surface area contributed by atoms with Crippen LogP contribution in [0.1, 0.15) is 31.2 Å². The van der Waals surface area contributed by atoms with Crippen molar-refractivity contribution in [1.82, 2.24) is 10.2 Å². The number of hydrogen-bond donors (Lipinski definition) is 2. The standard InChI is InChI=1S/C22H31N3O5/c23-20(26)19(15-30-14-16-6-2-1-3-7-16)24-21(27)17-8-4-5-9-18(17)22(28)25-10-12-29-13-11-25/h1-3,6-7,17-19H,4-5,8-15H2,(H2,23,26)(H,24,27). The summed E-state index contributed by atoms with van der Waals surface area (Å²) in [5, 5.41) is 2.73. The number of carbonyl (C=O) groups is 3. The van der Waals surface area contributed by atoms with Crippen molar-refractivity contribution in [2.45, 2.75) is 38.3 Å². The van der Waals surface area contributed by atoms with Crippen molar-refractivity contribution in [3.8, 4) is 0 Å². The molecule has 1 aromatic carbocycles. The van der Waals surface area contributed by atoms with Crippen LogP contribution in [0, 0.1) is 11.8 Å². The maximum absolute atomic E-state index is 13.0. The van der Waals surface area contributed by atoms with Crippen LogP contribution in [-0.2, 0) is 30.5 Å². The quantitative estimate of drug-likeness (QED) is 0.651. The van der Waals surface area contributed by atoms with E-state index in [-0.39, 0.29) is 24.3 Å². The molecule has 1 aliphatic heterocycles. The maximum atomic E-state index is 13.0. The Morgan fingerprint density at radius 2 is 1.77 bits per heavy atom. The Morgan fingerprint density at radius 3 is 2.43 bits per heavy atom. The van der Waals surface area contributed by atoms with Crippen molar-refractivity contribution in [3.63, 3.8) is 0 Å². The van der Waals surface area contributed by atoms with Gasteiger partial charge in [-0.1, -0.05) is 43.2 Å². The average Bonchev–Trinajstić information content (AvgIpc) is 2.79. The van der Waals surface area contributed by atoms with E-state index in [1.165, 1.54) is 0 Å². The molecule has 2 fully saturated rings. The second-order valence-corrected chi connectivity index (χ2v) is 7.90. The van der Waals surface area contributed by atoms with Gasteiger partial charge in [-0.2, -0.15) is 0 Å². The molecule has 0 aromatic heterocycles. The first kappa shape index (κ1) is 22.2. The Bertz CT molecular complexity index is 721. The van der Waals surface area contributed by atoms with Crippen LogP contribution < -0.4 is 11.1 Å². The summed E-state index contributed by atoms with van der Waals surface area (Å²) in [6.07, 6.45) is 3.11. The highest BCUT2D eigenvalue weighted by molar-refractivity contribution is 5.91. The highest BCUT2D eigenvalue weighted by atomic mass is 16.5. The third-order valence-electron chi connectivity index (χ3n) is 5.80. The number of carbonyl (C=O) groups excluding carboxylic acids is 3. The van der Waals surface area contributed by atoms with Gasteiger partial charge in [0.05, 0.1) is 26.4 Å².